The number of hydrogen-bond donors (Lipinski definition) is 2. The molecule has 2 N–H and O–H groups in total. The molecule has 0 unspecified atom stereocenters. The van der Waals surface area contributed by atoms with Crippen molar-refractivity contribution in [2.45, 2.75) is 25.9 Å². The van der Waals surface area contributed by atoms with Crippen LogP contribution in [-0.4, -0.2) is 58.6 Å². The summed E-state index contributed by atoms with van der Waals surface area (Å²) in [7, 11) is 1.79. The molecule has 0 bridgehead atoms. The molecule has 174 valence electrons. The Balaban J connectivity index is 1.48. The number of piperidine rings is 1. The lowest BCUT2D eigenvalue weighted by atomic mass is 9.97. The molecule has 3 aromatic heterocycles. The van der Waals surface area contributed by atoms with Crippen LogP contribution in [0.4, 0.5) is 24.7 Å². The molecule has 1 aliphatic rings. The van der Waals surface area contributed by atoms with Gasteiger partial charge in [0.1, 0.15) is 5.82 Å². The van der Waals surface area contributed by atoms with Crippen LogP contribution in [0, 0.1) is 12.8 Å². The van der Waals surface area contributed by atoms with E-state index in [1.54, 1.807) is 36.6 Å². The van der Waals surface area contributed by atoms with Crippen molar-refractivity contribution in [2.24, 2.45) is 5.92 Å². The third-order valence-corrected chi connectivity index (χ3v) is 5.84. The highest BCUT2D eigenvalue weighted by Crippen LogP contribution is 2.33. The fraction of sp³-hybridized carbons (Fsp3) is 0.391. The minimum absolute atomic E-state index is 0.0905. The van der Waals surface area contributed by atoms with Crippen LogP contribution in [0.3, 0.4) is 0 Å². The van der Waals surface area contributed by atoms with E-state index in [0.29, 0.717) is 18.7 Å². The Morgan fingerprint density at radius 1 is 1.15 bits per heavy atom. The monoisotopic (exact) mass is 458 g/mol. The Hall–Kier alpha value is -3.27. The SMILES string of the molecule is CNc1cc2ncc(-c3cc(NC(=O)CN4CCC[C@H](C(F)(F)F)C4)cnc3C)cc2cn1. The van der Waals surface area contributed by atoms with Crippen LogP contribution in [0.25, 0.3) is 22.0 Å². The van der Waals surface area contributed by atoms with Gasteiger partial charge in [-0.05, 0) is 38.4 Å². The van der Waals surface area contributed by atoms with Crippen LogP contribution in [0.5, 0.6) is 0 Å². The second-order valence-electron chi connectivity index (χ2n) is 8.26. The number of hydrogen-bond acceptors (Lipinski definition) is 6. The smallest absolute Gasteiger partial charge is 0.373 e. The molecule has 0 radical (unpaired) electrons. The van der Waals surface area contributed by atoms with E-state index in [4.69, 9.17) is 0 Å². The number of amides is 1. The fourth-order valence-electron chi connectivity index (χ4n) is 4.07. The number of fused-ring (bicyclic) bond motifs is 1. The molecule has 1 atom stereocenters. The summed E-state index contributed by atoms with van der Waals surface area (Å²) in [5.74, 6) is -1.03. The lowest BCUT2D eigenvalue weighted by Gasteiger charge is -2.33. The Morgan fingerprint density at radius 3 is 2.73 bits per heavy atom. The lowest BCUT2D eigenvalue weighted by molar-refractivity contribution is -0.186. The maximum Gasteiger partial charge on any atom is 0.393 e. The standard InChI is InChI=1S/C23H25F3N6O/c1-14-19(15-6-16-10-30-21(27-2)8-20(16)29-9-15)7-18(11-28-14)31-22(33)13-32-5-3-4-17(12-32)23(24,25)26/h6-11,17H,3-5,12-13H2,1-2H3,(H,27,30)(H,31,33)/t17-/m0/s1. The normalized spacial score (nSPS) is 17.2. The van der Waals surface area contributed by atoms with Gasteiger partial charge >= 0.3 is 6.18 Å². The van der Waals surface area contributed by atoms with E-state index < -0.39 is 12.1 Å². The van der Waals surface area contributed by atoms with Crippen LogP contribution in [0.15, 0.2) is 36.8 Å². The van der Waals surface area contributed by atoms with E-state index in [9.17, 15) is 18.0 Å². The largest absolute Gasteiger partial charge is 0.393 e. The number of aromatic nitrogens is 3. The van der Waals surface area contributed by atoms with Crippen LogP contribution < -0.4 is 10.6 Å². The average Bonchev–Trinajstić information content (AvgIpc) is 2.79. The van der Waals surface area contributed by atoms with E-state index in [1.165, 1.54) is 0 Å². The average molecular weight is 458 g/mol. The van der Waals surface area contributed by atoms with Crippen molar-refractivity contribution in [1.82, 2.24) is 19.9 Å². The molecule has 1 fully saturated rings. The summed E-state index contributed by atoms with van der Waals surface area (Å²) in [6.45, 7) is 2.09. The van der Waals surface area contributed by atoms with Gasteiger partial charge in [-0.1, -0.05) is 0 Å². The van der Waals surface area contributed by atoms with Crippen molar-refractivity contribution in [1.29, 1.82) is 0 Å². The van der Waals surface area contributed by atoms with Crippen molar-refractivity contribution >= 4 is 28.3 Å². The van der Waals surface area contributed by atoms with Crippen LogP contribution in [-0.2, 0) is 4.79 Å². The number of anilines is 2. The zero-order valence-electron chi connectivity index (χ0n) is 18.4. The van der Waals surface area contributed by atoms with Crippen LogP contribution in [0.2, 0.25) is 0 Å². The Kier molecular flexibility index (Phi) is 6.46. The topological polar surface area (TPSA) is 83.0 Å². The molecule has 33 heavy (non-hydrogen) atoms. The van der Waals surface area contributed by atoms with Crippen LogP contribution in [0.1, 0.15) is 18.5 Å². The van der Waals surface area contributed by atoms with E-state index in [1.807, 2.05) is 19.1 Å². The summed E-state index contributed by atoms with van der Waals surface area (Å²) < 4.78 is 39.1. The summed E-state index contributed by atoms with van der Waals surface area (Å²) in [5.41, 5.74) is 3.67. The third kappa shape index (κ3) is 5.39. The second-order valence-corrected chi connectivity index (χ2v) is 8.26. The molecule has 0 aromatic carbocycles. The second kappa shape index (κ2) is 9.30. The van der Waals surface area contributed by atoms with Gasteiger partial charge in [0.25, 0.3) is 0 Å². The highest BCUT2D eigenvalue weighted by molar-refractivity contribution is 5.93. The molecule has 10 heteroatoms. The molecule has 3 aromatic rings. The number of alkyl halides is 3. The number of likely N-dealkylation sites (tertiary alicyclic amines) is 1. The van der Waals surface area contributed by atoms with Gasteiger partial charge in [-0.3, -0.25) is 19.7 Å². The molecule has 0 saturated carbocycles. The Morgan fingerprint density at radius 2 is 1.97 bits per heavy atom. The number of nitrogens with one attached hydrogen (secondary N) is 2. The molecule has 0 aliphatic carbocycles. The van der Waals surface area contributed by atoms with E-state index in [2.05, 4.69) is 25.6 Å². The first-order chi connectivity index (χ1) is 15.7. The zero-order chi connectivity index (χ0) is 23.6. The molecule has 1 aliphatic heterocycles. The number of aryl methyl sites for hydroxylation is 1. The fourth-order valence-corrected chi connectivity index (χ4v) is 4.07. The molecule has 1 amide bonds. The van der Waals surface area contributed by atoms with Gasteiger partial charge in [0.05, 0.1) is 29.9 Å². The minimum atomic E-state index is -4.23. The number of nitrogens with zero attached hydrogens (tertiary/aromatic N) is 4. The summed E-state index contributed by atoms with van der Waals surface area (Å²) in [6, 6.07) is 5.60. The summed E-state index contributed by atoms with van der Waals surface area (Å²) in [5, 5.41) is 6.61. The molecule has 7 nitrogen and oxygen atoms in total. The molecular formula is C23H25F3N6O. The maximum atomic E-state index is 13.0. The number of carbonyl (C=O) groups excluding carboxylic acids is 1. The molecule has 4 rings (SSSR count). The minimum Gasteiger partial charge on any atom is -0.373 e. The van der Waals surface area contributed by atoms with Gasteiger partial charge in [-0.25, -0.2) is 4.98 Å². The summed E-state index contributed by atoms with van der Waals surface area (Å²) in [6.07, 6.45) is 1.32. The van der Waals surface area contributed by atoms with Crippen molar-refractivity contribution in [3.05, 3.63) is 42.5 Å². The van der Waals surface area contributed by atoms with Crippen molar-refractivity contribution in [3.63, 3.8) is 0 Å². The van der Waals surface area contributed by atoms with Gasteiger partial charge in [-0.2, -0.15) is 13.2 Å². The predicted octanol–water partition coefficient (Wildman–Crippen LogP) is 4.25. The van der Waals surface area contributed by atoms with Crippen molar-refractivity contribution in [2.75, 3.05) is 37.3 Å². The Labute approximate surface area is 189 Å². The molecule has 0 spiro atoms. The van der Waals surface area contributed by atoms with Crippen molar-refractivity contribution in [3.8, 4) is 11.1 Å². The van der Waals surface area contributed by atoms with Crippen molar-refractivity contribution < 1.29 is 18.0 Å². The van der Waals surface area contributed by atoms with E-state index in [-0.39, 0.29) is 25.4 Å². The first kappa shape index (κ1) is 22.9. The van der Waals surface area contributed by atoms with E-state index in [0.717, 1.165) is 33.5 Å². The third-order valence-electron chi connectivity index (χ3n) is 5.84. The van der Waals surface area contributed by atoms with Crippen LogP contribution >= 0.6 is 0 Å². The summed E-state index contributed by atoms with van der Waals surface area (Å²) >= 11 is 0. The van der Waals surface area contributed by atoms with Gasteiger partial charge in [0.2, 0.25) is 5.91 Å². The van der Waals surface area contributed by atoms with Gasteiger partial charge in [0, 0.05) is 54.3 Å². The first-order valence-corrected chi connectivity index (χ1v) is 10.7. The quantitative estimate of drug-likeness (QED) is 0.595. The highest BCUT2D eigenvalue weighted by atomic mass is 19.4. The highest BCUT2D eigenvalue weighted by Gasteiger charge is 2.41. The van der Waals surface area contributed by atoms with Gasteiger partial charge in [0.15, 0.2) is 0 Å². The first-order valence-electron chi connectivity index (χ1n) is 10.7. The number of halogens is 3. The maximum absolute atomic E-state index is 13.0. The number of rotatable bonds is 5. The zero-order valence-corrected chi connectivity index (χ0v) is 18.4. The predicted molar refractivity (Wildman–Crippen MR) is 121 cm³/mol. The number of pyridine rings is 3. The van der Waals surface area contributed by atoms with E-state index >= 15 is 0 Å². The summed E-state index contributed by atoms with van der Waals surface area (Å²) in [4.78, 5) is 27.3. The molecule has 1 saturated heterocycles. The number of carbonyl (C=O) groups is 1. The lowest BCUT2D eigenvalue weighted by Crippen LogP contribution is -2.44. The molecular weight excluding hydrogens is 433 g/mol. The Bertz CT molecular complexity index is 1170. The van der Waals surface area contributed by atoms with Gasteiger partial charge in [-0.15, -0.1) is 0 Å². The van der Waals surface area contributed by atoms with Gasteiger partial charge < -0.3 is 10.6 Å². The molecule has 4 heterocycles.